The van der Waals surface area contributed by atoms with E-state index in [2.05, 4.69) is 54.2 Å². The fourth-order valence-electron chi connectivity index (χ4n) is 2.34. The van der Waals surface area contributed by atoms with Crippen LogP contribution in [0.4, 0.5) is 0 Å². The molecule has 0 spiro atoms. The highest BCUT2D eigenvalue weighted by Gasteiger charge is 2.18. The third-order valence-electron chi connectivity index (χ3n) is 3.16. The maximum atomic E-state index is 6.21. The molecule has 1 nitrogen and oxygen atoms in total. The lowest BCUT2D eigenvalue weighted by atomic mass is 10.0. The number of hydrogen-bond acceptors (Lipinski definition) is 2. The molecule has 0 amide bonds. The molecule has 0 fully saturated rings. The fourth-order valence-corrected chi connectivity index (χ4v) is 4.36. The Bertz CT molecular complexity index is 574. The van der Waals surface area contributed by atoms with Crippen molar-refractivity contribution in [2.45, 2.75) is 33.2 Å². The summed E-state index contributed by atoms with van der Waals surface area (Å²) in [7, 11) is 0. The van der Waals surface area contributed by atoms with Gasteiger partial charge in [0.05, 0.1) is 6.04 Å². The van der Waals surface area contributed by atoms with Gasteiger partial charge in [0.1, 0.15) is 0 Å². The molecule has 0 aliphatic carbocycles. The average molecular weight is 373 g/mol. The van der Waals surface area contributed by atoms with Crippen molar-refractivity contribution in [3.63, 3.8) is 0 Å². The Morgan fingerprint density at radius 1 is 1.25 bits per heavy atom. The Kier molecular flexibility index (Phi) is 5.67. The second kappa shape index (κ2) is 7.08. The maximum Gasteiger partial charge on any atom is 0.0674 e. The van der Waals surface area contributed by atoms with Crippen LogP contribution in [0.25, 0.3) is 0 Å². The molecule has 20 heavy (non-hydrogen) atoms. The van der Waals surface area contributed by atoms with Crippen molar-refractivity contribution in [1.82, 2.24) is 5.32 Å². The molecule has 0 saturated heterocycles. The number of hydrogen-bond donors (Lipinski definition) is 1. The lowest BCUT2D eigenvalue weighted by Gasteiger charge is -2.19. The lowest BCUT2D eigenvalue weighted by molar-refractivity contribution is 0.604. The van der Waals surface area contributed by atoms with Crippen LogP contribution in [0.2, 0.25) is 5.02 Å². The number of aryl methyl sites for hydroxylation is 2. The monoisotopic (exact) mass is 371 g/mol. The zero-order valence-corrected chi connectivity index (χ0v) is 15.1. The van der Waals surface area contributed by atoms with E-state index in [1.54, 1.807) is 0 Å². The molecule has 1 heterocycles. The van der Waals surface area contributed by atoms with E-state index in [-0.39, 0.29) is 6.04 Å². The van der Waals surface area contributed by atoms with Gasteiger partial charge in [0.2, 0.25) is 0 Å². The third-order valence-corrected chi connectivity index (χ3v) is 5.05. The molecule has 0 aliphatic heterocycles. The summed E-state index contributed by atoms with van der Waals surface area (Å²) in [5.41, 5.74) is 2.56. The zero-order chi connectivity index (χ0) is 14.7. The minimum atomic E-state index is 0.212. The van der Waals surface area contributed by atoms with E-state index in [9.17, 15) is 0 Å². The highest BCUT2D eigenvalue weighted by Crippen LogP contribution is 2.34. The fraction of sp³-hybridized carbons (Fsp3) is 0.375. The molecule has 2 rings (SSSR count). The Morgan fingerprint density at radius 3 is 2.55 bits per heavy atom. The van der Waals surface area contributed by atoms with E-state index >= 15 is 0 Å². The van der Waals surface area contributed by atoms with Crippen molar-refractivity contribution < 1.29 is 0 Å². The second-order valence-electron chi connectivity index (χ2n) is 4.99. The molecule has 0 aliphatic rings. The van der Waals surface area contributed by atoms with E-state index in [1.807, 2.05) is 23.5 Å². The first-order chi connectivity index (χ1) is 9.51. The maximum absolute atomic E-state index is 6.21. The quantitative estimate of drug-likeness (QED) is 0.692. The number of rotatable bonds is 5. The van der Waals surface area contributed by atoms with Crippen LogP contribution >= 0.6 is 38.9 Å². The summed E-state index contributed by atoms with van der Waals surface area (Å²) < 4.78 is 1.02. The predicted molar refractivity (Wildman–Crippen MR) is 93.1 cm³/mol. The largest absolute Gasteiger partial charge is 0.306 e. The molecule has 0 saturated carbocycles. The molecule has 1 unspecified atom stereocenters. The number of thiophene rings is 1. The van der Waals surface area contributed by atoms with Gasteiger partial charge in [-0.1, -0.05) is 34.5 Å². The van der Waals surface area contributed by atoms with Gasteiger partial charge in [-0.3, -0.25) is 0 Å². The molecule has 0 bridgehead atoms. The summed E-state index contributed by atoms with van der Waals surface area (Å²) in [6.45, 7) is 7.51. The Balaban J connectivity index is 2.43. The lowest BCUT2D eigenvalue weighted by Crippen LogP contribution is -2.23. The van der Waals surface area contributed by atoms with Gasteiger partial charge < -0.3 is 5.32 Å². The van der Waals surface area contributed by atoms with Crippen LogP contribution < -0.4 is 5.32 Å². The van der Waals surface area contributed by atoms with Gasteiger partial charge in [-0.15, -0.1) is 11.3 Å². The van der Waals surface area contributed by atoms with Crippen molar-refractivity contribution in [2.24, 2.45) is 0 Å². The summed E-state index contributed by atoms with van der Waals surface area (Å²) in [6, 6.07) is 8.58. The SMILES string of the molecule is CCCNC(c1cc(Cl)cc(Br)c1)c1sc(C)cc1C. The summed E-state index contributed by atoms with van der Waals surface area (Å²) in [5.74, 6) is 0. The van der Waals surface area contributed by atoms with Gasteiger partial charge in [0.25, 0.3) is 0 Å². The van der Waals surface area contributed by atoms with Crippen LogP contribution in [0, 0.1) is 13.8 Å². The van der Waals surface area contributed by atoms with E-state index in [0.29, 0.717) is 0 Å². The van der Waals surface area contributed by atoms with Crippen LogP contribution in [0.1, 0.15) is 40.3 Å². The Labute approximate surface area is 138 Å². The molecule has 1 atom stereocenters. The summed E-state index contributed by atoms with van der Waals surface area (Å²) in [4.78, 5) is 2.73. The first-order valence-corrected chi connectivity index (χ1v) is 8.76. The standard InChI is InChI=1S/C16H19BrClNS/c1-4-5-19-15(16-10(2)6-11(3)20-16)12-7-13(17)9-14(18)8-12/h6-9,15,19H,4-5H2,1-3H3. The first-order valence-electron chi connectivity index (χ1n) is 6.77. The topological polar surface area (TPSA) is 12.0 Å². The molecule has 2 aromatic rings. The van der Waals surface area contributed by atoms with Crippen LogP contribution in [0.5, 0.6) is 0 Å². The minimum absolute atomic E-state index is 0.212. The van der Waals surface area contributed by atoms with Gasteiger partial charge in [-0.25, -0.2) is 0 Å². The predicted octanol–water partition coefficient (Wildman–Crippen LogP) is 5.87. The number of nitrogens with one attached hydrogen (secondary N) is 1. The van der Waals surface area contributed by atoms with Gasteiger partial charge in [0, 0.05) is 19.2 Å². The summed E-state index contributed by atoms with van der Waals surface area (Å²) >= 11 is 11.6. The van der Waals surface area contributed by atoms with Crippen LogP contribution in [-0.2, 0) is 0 Å². The number of benzene rings is 1. The van der Waals surface area contributed by atoms with Crippen LogP contribution in [-0.4, -0.2) is 6.54 Å². The molecule has 1 aromatic carbocycles. The second-order valence-corrected chi connectivity index (χ2v) is 7.63. The first kappa shape index (κ1) is 16.0. The van der Waals surface area contributed by atoms with Gasteiger partial charge in [-0.05, 0) is 62.2 Å². The molecule has 4 heteroatoms. The van der Waals surface area contributed by atoms with Crippen molar-refractivity contribution in [3.8, 4) is 0 Å². The van der Waals surface area contributed by atoms with Gasteiger partial charge in [0.15, 0.2) is 0 Å². The zero-order valence-electron chi connectivity index (χ0n) is 12.0. The Morgan fingerprint density at radius 2 is 2.00 bits per heavy atom. The Hall–Kier alpha value is -0.350. The average Bonchev–Trinajstić information content (AvgIpc) is 2.68. The van der Waals surface area contributed by atoms with Crippen molar-refractivity contribution in [3.05, 3.63) is 54.6 Å². The molecule has 1 N–H and O–H groups in total. The molecular weight excluding hydrogens is 354 g/mol. The van der Waals surface area contributed by atoms with E-state index < -0.39 is 0 Å². The molecular formula is C16H19BrClNS. The van der Waals surface area contributed by atoms with E-state index in [0.717, 1.165) is 22.5 Å². The minimum Gasteiger partial charge on any atom is -0.306 e. The highest BCUT2D eigenvalue weighted by atomic mass is 79.9. The smallest absolute Gasteiger partial charge is 0.0674 e. The molecule has 0 radical (unpaired) electrons. The molecule has 108 valence electrons. The van der Waals surface area contributed by atoms with Gasteiger partial charge >= 0.3 is 0 Å². The van der Waals surface area contributed by atoms with E-state index in [4.69, 9.17) is 11.6 Å². The van der Waals surface area contributed by atoms with Crippen molar-refractivity contribution >= 4 is 38.9 Å². The van der Waals surface area contributed by atoms with Crippen LogP contribution in [0.15, 0.2) is 28.7 Å². The third kappa shape index (κ3) is 3.85. The highest BCUT2D eigenvalue weighted by molar-refractivity contribution is 9.10. The number of halogens is 2. The normalized spacial score (nSPS) is 12.7. The molecule has 1 aromatic heterocycles. The van der Waals surface area contributed by atoms with Gasteiger partial charge in [-0.2, -0.15) is 0 Å². The summed E-state index contributed by atoms with van der Waals surface area (Å²) in [6.07, 6.45) is 1.11. The van der Waals surface area contributed by atoms with Crippen LogP contribution in [0.3, 0.4) is 0 Å². The summed E-state index contributed by atoms with van der Waals surface area (Å²) in [5, 5.41) is 4.41. The van der Waals surface area contributed by atoms with E-state index in [1.165, 1.54) is 20.9 Å². The van der Waals surface area contributed by atoms with Crippen molar-refractivity contribution in [1.29, 1.82) is 0 Å². The van der Waals surface area contributed by atoms with Crippen molar-refractivity contribution in [2.75, 3.05) is 6.54 Å².